The Morgan fingerprint density at radius 3 is 2.26 bits per heavy atom. The summed E-state index contributed by atoms with van der Waals surface area (Å²) in [6, 6.07) is 16.1. The van der Waals surface area contributed by atoms with Crippen molar-refractivity contribution in [2.45, 2.75) is 17.7 Å². The van der Waals surface area contributed by atoms with Crippen molar-refractivity contribution in [3.05, 3.63) is 66.1 Å². The maximum Gasteiger partial charge on any atom is 0.247 e. The average molecular weight is 329 g/mol. The van der Waals surface area contributed by atoms with Gasteiger partial charge in [0.25, 0.3) is 0 Å². The molecule has 0 atom stereocenters. The van der Waals surface area contributed by atoms with Crippen molar-refractivity contribution in [3.63, 3.8) is 0 Å². The number of aryl methyl sites for hydroxylation is 2. The van der Waals surface area contributed by atoms with Crippen LogP contribution in [0.5, 0.6) is 0 Å². The minimum atomic E-state index is -3.70. The van der Waals surface area contributed by atoms with E-state index in [-0.39, 0.29) is 4.90 Å². The Kier molecular flexibility index (Phi) is 4.22. The summed E-state index contributed by atoms with van der Waals surface area (Å²) >= 11 is 0. The number of hydrogen-bond donors (Lipinski definition) is 1. The van der Waals surface area contributed by atoms with E-state index in [4.69, 9.17) is 9.56 Å². The van der Waals surface area contributed by atoms with Gasteiger partial charge < -0.3 is 4.42 Å². The van der Waals surface area contributed by atoms with Crippen molar-refractivity contribution in [2.24, 2.45) is 5.14 Å². The molecule has 1 heterocycles. The summed E-state index contributed by atoms with van der Waals surface area (Å²) in [4.78, 5) is 0.0464. The maximum atomic E-state index is 11.2. The number of aromatic nitrogens is 2. The zero-order chi connectivity index (χ0) is 16.3. The van der Waals surface area contributed by atoms with Crippen molar-refractivity contribution in [2.75, 3.05) is 0 Å². The predicted octanol–water partition coefficient (Wildman–Crippen LogP) is 2.17. The Labute approximate surface area is 134 Å². The van der Waals surface area contributed by atoms with E-state index in [2.05, 4.69) is 10.2 Å². The standard InChI is InChI=1S/C16H15N3O3S/c17-23(20,21)14-9-7-13(8-10-14)16-19-18-15(22-16)11-6-12-4-2-1-3-5-12/h1-5,7-10H,6,11H2,(H2,17,20,21). The minimum absolute atomic E-state index is 0.0464. The lowest BCUT2D eigenvalue weighted by Gasteiger charge is -1.99. The maximum absolute atomic E-state index is 11.2. The lowest BCUT2D eigenvalue weighted by atomic mass is 10.1. The Bertz CT molecular complexity index is 888. The van der Waals surface area contributed by atoms with E-state index in [0.717, 1.165) is 6.42 Å². The summed E-state index contributed by atoms with van der Waals surface area (Å²) in [5.41, 5.74) is 1.85. The normalized spacial score (nSPS) is 11.5. The van der Waals surface area contributed by atoms with Gasteiger partial charge >= 0.3 is 0 Å². The molecule has 0 aliphatic heterocycles. The molecule has 6 nitrogen and oxygen atoms in total. The Hall–Kier alpha value is -2.51. The lowest BCUT2D eigenvalue weighted by molar-refractivity contribution is 0.504. The van der Waals surface area contributed by atoms with E-state index in [9.17, 15) is 8.42 Å². The van der Waals surface area contributed by atoms with Gasteiger partial charge in [0.05, 0.1) is 4.90 Å². The first-order valence-corrected chi connectivity index (χ1v) is 8.56. The van der Waals surface area contributed by atoms with Gasteiger partial charge in [-0.1, -0.05) is 30.3 Å². The first-order chi connectivity index (χ1) is 11.0. The summed E-state index contributed by atoms with van der Waals surface area (Å²) in [6.45, 7) is 0. The third-order valence-corrected chi connectivity index (χ3v) is 4.30. The van der Waals surface area contributed by atoms with E-state index < -0.39 is 10.0 Å². The number of nitrogens with two attached hydrogens (primary N) is 1. The van der Waals surface area contributed by atoms with Gasteiger partial charge in [-0.15, -0.1) is 10.2 Å². The van der Waals surface area contributed by atoms with E-state index in [1.807, 2.05) is 30.3 Å². The van der Waals surface area contributed by atoms with Crippen molar-refractivity contribution >= 4 is 10.0 Å². The number of primary sulfonamides is 1. The number of rotatable bonds is 5. The smallest absolute Gasteiger partial charge is 0.247 e. The molecule has 0 saturated heterocycles. The Morgan fingerprint density at radius 2 is 1.61 bits per heavy atom. The summed E-state index contributed by atoms with van der Waals surface area (Å²) in [5.74, 6) is 0.897. The van der Waals surface area contributed by atoms with Crippen LogP contribution in [0.1, 0.15) is 11.5 Å². The number of hydrogen-bond acceptors (Lipinski definition) is 5. The Morgan fingerprint density at radius 1 is 0.913 bits per heavy atom. The van der Waals surface area contributed by atoms with Gasteiger partial charge in [0.15, 0.2) is 0 Å². The van der Waals surface area contributed by atoms with Crippen LogP contribution in [0, 0.1) is 0 Å². The van der Waals surface area contributed by atoms with Gasteiger partial charge in [-0.05, 0) is 36.2 Å². The SMILES string of the molecule is NS(=O)(=O)c1ccc(-c2nnc(CCc3ccccc3)o2)cc1. The van der Waals surface area contributed by atoms with Gasteiger partial charge in [0, 0.05) is 12.0 Å². The molecule has 0 spiro atoms. The molecule has 3 aromatic rings. The fourth-order valence-electron chi connectivity index (χ4n) is 2.15. The van der Waals surface area contributed by atoms with Crippen molar-refractivity contribution in [1.82, 2.24) is 10.2 Å². The average Bonchev–Trinajstić information content (AvgIpc) is 3.02. The van der Waals surface area contributed by atoms with E-state index in [1.165, 1.54) is 17.7 Å². The molecule has 0 aliphatic carbocycles. The van der Waals surface area contributed by atoms with E-state index >= 15 is 0 Å². The van der Waals surface area contributed by atoms with Crippen LogP contribution in [0.15, 0.2) is 63.9 Å². The van der Waals surface area contributed by atoms with Crippen LogP contribution in [0.4, 0.5) is 0 Å². The summed E-state index contributed by atoms with van der Waals surface area (Å²) < 4.78 is 28.1. The second kappa shape index (κ2) is 6.31. The zero-order valence-electron chi connectivity index (χ0n) is 12.2. The second-order valence-electron chi connectivity index (χ2n) is 5.06. The highest BCUT2D eigenvalue weighted by atomic mass is 32.2. The Balaban J connectivity index is 1.71. The van der Waals surface area contributed by atoms with E-state index in [0.29, 0.717) is 23.8 Å². The highest BCUT2D eigenvalue weighted by Gasteiger charge is 2.11. The van der Waals surface area contributed by atoms with Crippen LogP contribution in [0.25, 0.3) is 11.5 Å². The quantitative estimate of drug-likeness (QED) is 0.773. The molecule has 0 unspecified atom stereocenters. The molecular formula is C16H15N3O3S. The van der Waals surface area contributed by atoms with Crippen LogP contribution in [-0.2, 0) is 22.9 Å². The van der Waals surface area contributed by atoms with Crippen molar-refractivity contribution < 1.29 is 12.8 Å². The van der Waals surface area contributed by atoms with E-state index in [1.54, 1.807) is 12.1 Å². The number of sulfonamides is 1. The zero-order valence-corrected chi connectivity index (χ0v) is 13.0. The molecule has 0 bridgehead atoms. The van der Waals surface area contributed by atoms with Crippen molar-refractivity contribution in [3.8, 4) is 11.5 Å². The van der Waals surface area contributed by atoms with Gasteiger partial charge in [-0.3, -0.25) is 0 Å². The molecular weight excluding hydrogens is 314 g/mol. The minimum Gasteiger partial charge on any atom is -0.421 e. The first-order valence-electron chi connectivity index (χ1n) is 7.02. The van der Waals surface area contributed by atoms with Gasteiger partial charge in [-0.2, -0.15) is 0 Å². The van der Waals surface area contributed by atoms with Crippen LogP contribution >= 0.6 is 0 Å². The molecule has 1 aromatic heterocycles. The third kappa shape index (κ3) is 3.82. The number of benzene rings is 2. The summed E-state index contributed by atoms with van der Waals surface area (Å²) in [6.07, 6.45) is 1.46. The molecule has 2 aromatic carbocycles. The largest absolute Gasteiger partial charge is 0.421 e. The number of nitrogens with zero attached hydrogens (tertiary/aromatic N) is 2. The molecule has 0 fully saturated rings. The van der Waals surface area contributed by atoms with Gasteiger partial charge in [-0.25, -0.2) is 13.6 Å². The molecule has 0 saturated carbocycles. The molecule has 118 valence electrons. The van der Waals surface area contributed by atoms with Crippen LogP contribution < -0.4 is 5.14 Å². The highest BCUT2D eigenvalue weighted by Crippen LogP contribution is 2.20. The molecule has 3 rings (SSSR count). The summed E-state index contributed by atoms with van der Waals surface area (Å²) in [5, 5.41) is 13.1. The molecule has 0 amide bonds. The molecule has 0 aliphatic rings. The van der Waals surface area contributed by atoms with Crippen LogP contribution in [-0.4, -0.2) is 18.6 Å². The van der Waals surface area contributed by atoms with Gasteiger partial charge in [0.1, 0.15) is 0 Å². The monoisotopic (exact) mass is 329 g/mol. The fourth-order valence-corrected chi connectivity index (χ4v) is 2.67. The first kappa shape index (κ1) is 15.4. The molecule has 0 radical (unpaired) electrons. The topological polar surface area (TPSA) is 99.1 Å². The van der Waals surface area contributed by atoms with Crippen LogP contribution in [0.2, 0.25) is 0 Å². The third-order valence-electron chi connectivity index (χ3n) is 3.37. The highest BCUT2D eigenvalue weighted by molar-refractivity contribution is 7.89. The van der Waals surface area contributed by atoms with Crippen molar-refractivity contribution in [1.29, 1.82) is 0 Å². The predicted molar refractivity (Wildman–Crippen MR) is 85.0 cm³/mol. The van der Waals surface area contributed by atoms with Crippen LogP contribution in [0.3, 0.4) is 0 Å². The fraction of sp³-hybridized carbons (Fsp3) is 0.125. The molecule has 23 heavy (non-hydrogen) atoms. The lowest BCUT2D eigenvalue weighted by Crippen LogP contribution is -2.11. The van der Waals surface area contributed by atoms with Gasteiger partial charge in [0.2, 0.25) is 21.8 Å². The molecule has 7 heteroatoms. The summed E-state index contributed by atoms with van der Waals surface area (Å²) in [7, 11) is -3.70. The molecule has 2 N–H and O–H groups in total. The second-order valence-corrected chi connectivity index (χ2v) is 6.62.